The monoisotopic (exact) mass is 669 g/mol. The first-order chi connectivity index (χ1) is 23.1. The van der Waals surface area contributed by atoms with Crippen molar-refractivity contribution in [1.82, 2.24) is 20.1 Å². The summed E-state index contributed by atoms with van der Waals surface area (Å²) >= 11 is 1.29. The van der Waals surface area contributed by atoms with Crippen molar-refractivity contribution in [3.05, 3.63) is 75.0 Å². The molecule has 13 heteroatoms. The number of aryl methyl sites for hydroxylation is 1. The van der Waals surface area contributed by atoms with E-state index in [2.05, 4.69) is 15.5 Å². The minimum absolute atomic E-state index is 0.0528. The van der Waals surface area contributed by atoms with Gasteiger partial charge in [0, 0.05) is 72.9 Å². The normalized spacial score (nSPS) is 18.2. The third kappa shape index (κ3) is 5.68. The number of pyridine rings is 1. The van der Waals surface area contributed by atoms with Gasteiger partial charge >= 0.3 is 0 Å². The Morgan fingerprint density at radius 3 is 2.35 bits per heavy atom. The largest absolute Gasteiger partial charge is 0.497 e. The number of thiophene rings is 1. The number of aromatic nitrogens is 1. The summed E-state index contributed by atoms with van der Waals surface area (Å²) in [5.41, 5.74) is 3.79. The average Bonchev–Trinajstić information content (AvgIpc) is 3.68. The Morgan fingerprint density at radius 2 is 1.67 bits per heavy atom. The van der Waals surface area contributed by atoms with Crippen molar-refractivity contribution >= 4 is 50.7 Å². The molecule has 1 atom stereocenters. The molecular formula is C35H35N5O7S. The van der Waals surface area contributed by atoms with Crippen molar-refractivity contribution in [2.75, 3.05) is 32.2 Å². The van der Waals surface area contributed by atoms with E-state index in [1.165, 1.54) is 15.9 Å². The second kappa shape index (κ2) is 12.5. The van der Waals surface area contributed by atoms with Gasteiger partial charge in [-0.25, -0.2) is 0 Å². The Morgan fingerprint density at radius 1 is 0.938 bits per heavy atom. The molecule has 4 amide bonds. The molecule has 0 saturated carbocycles. The zero-order chi connectivity index (χ0) is 33.7. The number of hydrogen-bond donors (Lipinski definition) is 2. The van der Waals surface area contributed by atoms with Crippen LogP contribution in [0.5, 0.6) is 11.5 Å². The third-order valence-electron chi connectivity index (χ3n) is 9.44. The van der Waals surface area contributed by atoms with Gasteiger partial charge in [-0.3, -0.25) is 29.3 Å². The number of benzene rings is 2. The van der Waals surface area contributed by atoms with Crippen LogP contribution in [0, 0.1) is 0 Å². The van der Waals surface area contributed by atoms with Gasteiger partial charge in [0.25, 0.3) is 17.4 Å². The van der Waals surface area contributed by atoms with Crippen molar-refractivity contribution in [2.24, 2.45) is 7.05 Å². The predicted octanol–water partition coefficient (Wildman–Crippen LogP) is 3.44. The van der Waals surface area contributed by atoms with Crippen LogP contribution in [0.3, 0.4) is 0 Å². The van der Waals surface area contributed by atoms with E-state index < -0.39 is 11.9 Å². The molecule has 2 saturated heterocycles. The Labute approximate surface area is 280 Å². The molecule has 12 nitrogen and oxygen atoms in total. The Bertz CT molecular complexity index is 2020. The second-order valence-electron chi connectivity index (χ2n) is 12.4. The quantitative estimate of drug-likeness (QED) is 0.286. The van der Waals surface area contributed by atoms with E-state index in [0.717, 1.165) is 27.1 Å². The standard InChI is InChI=1S/C35H35N5O7S/c1-38-18-27(20-12-23(46-2)15-24(13-20)47-3)31-26(34(38)44)16-29(48-31)33(43)36-21-8-10-39(11-9-21)22-5-4-19-17-40(35(45)25(19)14-22)28-6-7-30(41)37-32(28)42/h4-5,12-16,18,21,28H,6-11,17H2,1-3H3,(H,36,43)(H,37,41,42). The molecular weight excluding hydrogens is 634 g/mol. The van der Waals surface area contributed by atoms with Crippen LogP contribution in [0.15, 0.2) is 53.5 Å². The molecule has 0 spiro atoms. The molecule has 0 bridgehead atoms. The summed E-state index contributed by atoms with van der Waals surface area (Å²) < 4.78 is 13.1. The van der Waals surface area contributed by atoms with Crippen LogP contribution in [-0.4, -0.2) is 72.5 Å². The predicted molar refractivity (Wildman–Crippen MR) is 181 cm³/mol. The number of piperidine rings is 2. The average molecular weight is 670 g/mol. The maximum atomic E-state index is 13.5. The molecule has 0 radical (unpaired) electrons. The summed E-state index contributed by atoms with van der Waals surface area (Å²) in [4.78, 5) is 68.1. The molecule has 2 aromatic carbocycles. The summed E-state index contributed by atoms with van der Waals surface area (Å²) in [6.07, 6.45) is 3.73. The molecule has 7 rings (SSSR count). The molecule has 2 aromatic heterocycles. The summed E-state index contributed by atoms with van der Waals surface area (Å²) in [5, 5.41) is 5.99. The number of ether oxygens (including phenoxy) is 2. The fourth-order valence-corrected chi connectivity index (χ4v) is 7.89. The van der Waals surface area contributed by atoms with Gasteiger partial charge in [0.2, 0.25) is 11.8 Å². The number of amides is 4. The molecule has 4 aromatic rings. The van der Waals surface area contributed by atoms with Gasteiger partial charge in [0.05, 0.1) is 24.5 Å². The van der Waals surface area contributed by atoms with E-state index in [-0.39, 0.29) is 35.7 Å². The van der Waals surface area contributed by atoms with Crippen molar-refractivity contribution < 1.29 is 28.7 Å². The number of hydrogen-bond acceptors (Lipinski definition) is 9. The molecule has 0 aliphatic carbocycles. The molecule has 2 N–H and O–H groups in total. The highest BCUT2D eigenvalue weighted by atomic mass is 32.1. The van der Waals surface area contributed by atoms with Crippen molar-refractivity contribution in [1.29, 1.82) is 0 Å². The van der Waals surface area contributed by atoms with E-state index in [0.29, 0.717) is 66.2 Å². The van der Waals surface area contributed by atoms with Crippen molar-refractivity contribution in [3.8, 4) is 22.6 Å². The van der Waals surface area contributed by atoms with Crippen LogP contribution in [-0.2, 0) is 23.2 Å². The summed E-state index contributed by atoms with van der Waals surface area (Å²) in [6, 6.07) is 12.3. The Kier molecular flexibility index (Phi) is 8.15. The number of nitrogens with zero attached hydrogens (tertiary/aromatic N) is 3. The van der Waals surface area contributed by atoms with E-state index in [9.17, 15) is 24.0 Å². The lowest BCUT2D eigenvalue weighted by Gasteiger charge is -2.34. The fourth-order valence-electron chi connectivity index (χ4n) is 6.81. The molecule has 1 unspecified atom stereocenters. The molecule has 3 aliphatic heterocycles. The van der Waals surface area contributed by atoms with Gasteiger partial charge in [-0.15, -0.1) is 11.3 Å². The van der Waals surface area contributed by atoms with Gasteiger partial charge in [-0.1, -0.05) is 6.07 Å². The lowest BCUT2D eigenvalue weighted by atomic mass is 10.0. The first kappa shape index (κ1) is 31.4. The number of fused-ring (bicyclic) bond motifs is 2. The van der Waals surface area contributed by atoms with Gasteiger partial charge in [0.1, 0.15) is 17.5 Å². The number of carbonyl (C=O) groups excluding carboxylic acids is 4. The number of imide groups is 1. The molecule has 48 heavy (non-hydrogen) atoms. The lowest BCUT2D eigenvalue weighted by Crippen LogP contribution is -2.52. The topological polar surface area (TPSA) is 139 Å². The maximum Gasteiger partial charge on any atom is 0.261 e. The SMILES string of the molecule is COc1cc(OC)cc(-c2cn(C)c(=O)c3cc(C(=O)NC4CCN(c5ccc6c(c5)C(=O)N(C5CCC(=O)NC5=O)C6)CC4)sc23)c1. The smallest absolute Gasteiger partial charge is 0.261 e. The van der Waals surface area contributed by atoms with Crippen LogP contribution in [0.4, 0.5) is 5.69 Å². The number of nitrogens with one attached hydrogen (secondary N) is 2. The third-order valence-corrected chi connectivity index (χ3v) is 10.6. The summed E-state index contributed by atoms with van der Waals surface area (Å²) in [6.45, 7) is 1.71. The van der Waals surface area contributed by atoms with Crippen molar-refractivity contribution in [2.45, 2.75) is 44.3 Å². The number of anilines is 1. The first-order valence-corrected chi connectivity index (χ1v) is 16.6. The summed E-state index contributed by atoms with van der Waals surface area (Å²) in [5.74, 6) is 0.0865. The fraction of sp³-hybridized carbons (Fsp3) is 0.343. The van der Waals surface area contributed by atoms with Crippen LogP contribution in [0.1, 0.15) is 51.3 Å². The highest BCUT2D eigenvalue weighted by molar-refractivity contribution is 7.21. The molecule has 248 valence electrons. The van der Waals surface area contributed by atoms with Gasteiger partial charge < -0.3 is 29.2 Å². The van der Waals surface area contributed by atoms with E-state index in [1.807, 2.05) is 30.3 Å². The van der Waals surface area contributed by atoms with Crippen molar-refractivity contribution in [3.63, 3.8) is 0 Å². The number of rotatable bonds is 7. The minimum atomic E-state index is -0.647. The van der Waals surface area contributed by atoms with E-state index in [4.69, 9.17) is 9.47 Å². The van der Waals surface area contributed by atoms with Gasteiger partial charge in [0.15, 0.2) is 0 Å². The Balaban J connectivity index is 1.03. The second-order valence-corrected chi connectivity index (χ2v) is 13.4. The molecule has 3 aliphatic rings. The van der Waals surface area contributed by atoms with Crippen LogP contribution in [0.25, 0.3) is 21.2 Å². The first-order valence-electron chi connectivity index (χ1n) is 15.8. The van der Waals surface area contributed by atoms with Crippen LogP contribution in [0.2, 0.25) is 0 Å². The van der Waals surface area contributed by atoms with Crippen LogP contribution < -0.4 is 30.6 Å². The van der Waals surface area contributed by atoms with E-state index in [1.54, 1.807) is 44.5 Å². The van der Waals surface area contributed by atoms with Gasteiger partial charge in [-0.05, 0) is 60.7 Å². The van der Waals surface area contributed by atoms with Crippen LogP contribution >= 0.6 is 11.3 Å². The highest BCUT2D eigenvalue weighted by Gasteiger charge is 2.39. The number of carbonyl (C=O) groups is 4. The highest BCUT2D eigenvalue weighted by Crippen LogP contribution is 2.37. The summed E-state index contributed by atoms with van der Waals surface area (Å²) in [7, 11) is 4.86. The Hall–Kier alpha value is -5.17. The van der Waals surface area contributed by atoms with Gasteiger partial charge in [-0.2, -0.15) is 0 Å². The molecule has 5 heterocycles. The molecule has 2 fully saturated rings. The zero-order valence-corrected chi connectivity index (χ0v) is 27.6. The maximum absolute atomic E-state index is 13.5. The lowest BCUT2D eigenvalue weighted by molar-refractivity contribution is -0.136. The minimum Gasteiger partial charge on any atom is -0.497 e. The zero-order valence-electron chi connectivity index (χ0n) is 26.8. The van der Waals surface area contributed by atoms with E-state index >= 15 is 0 Å². The number of methoxy groups -OCH3 is 2.